The Labute approximate surface area is 63.4 Å². The smallest absolute Gasteiger partial charge is 0.000673 e. The monoisotopic (exact) mass is 139 g/mol. The molecule has 0 saturated heterocycles. The number of nitrogens with zero attached hydrogens (tertiary/aromatic N) is 1. The lowest BCUT2D eigenvalue weighted by molar-refractivity contribution is 0.308. The Morgan fingerprint density at radius 2 is 1.40 bits per heavy atom. The molecule has 0 atom stereocenters. The third-order valence-corrected chi connectivity index (χ3v) is 2.53. The predicted molar refractivity (Wildman–Crippen MR) is 42.9 cm³/mol. The first-order valence-corrected chi connectivity index (χ1v) is 4.53. The van der Waals surface area contributed by atoms with Crippen molar-refractivity contribution < 1.29 is 0 Å². The highest BCUT2D eigenvalue weighted by molar-refractivity contribution is 4.80. The van der Waals surface area contributed by atoms with Crippen LogP contribution < -0.4 is 0 Å². The highest BCUT2D eigenvalue weighted by Crippen LogP contribution is 2.32. The lowest BCUT2D eigenvalue weighted by Crippen LogP contribution is -2.23. The number of hydrogen-bond acceptors (Lipinski definition) is 1. The molecule has 2 fully saturated rings. The molecule has 0 amide bonds. The van der Waals surface area contributed by atoms with Gasteiger partial charge in [-0.25, -0.2) is 0 Å². The van der Waals surface area contributed by atoms with Gasteiger partial charge in [-0.15, -0.1) is 0 Å². The van der Waals surface area contributed by atoms with Crippen LogP contribution in [-0.4, -0.2) is 25.0 Å². The van der Waals surface area contributed by atoms with Gasteiger partial charge >= 0.3 is 0 Å². The summed E-state index contributed by atoms with van der Waals surface area (Å²) in [5, 5.41) is 0. The van der Waals surface area contributed by atoms with Crippen molar-refractivity contribution in [2.24, 2.45) is 11.8 Å². The van der Waals surface area contributed by atoms with Crippen molar-refractivity contribution in [2.45, 2.75) is 25.7 Å². The third kappa shape index (κ3) is 1.98. The molecule has 0 aromatic heterocycles. The summed E-state index contributed by atoms with van der Waals surface area (Å²) in [4.78, 5) is 2.52. The number of rotatable bonds is 4. The van der Waals surface area contributed by atoms with E-state index in [1.807, 2.05) is 0 Å². The van der Waals surface area contributed by atoms with Gasteiger partial charge in [-0.05, 0) is 44.6 Å². The Hall–Kier alpha value is -0.0400. The largest absolute Gasteiger partial charge is 0.306 e. The van der Waals surface area contributed by atoms with Gasteiger partial charge in [-0.2, -0.15) is 0 Å². The zero-order valence-corrected chi connectivity index (χ0v) is 6.84. The Balaban J connectivity index is 1.60. The molecule has 2 aliphatic rings. The molecule has 10 heavy (non-hydrogen) atoms. The molecule has 58 valence electrons. The van der Waals surface area contributed by atoms with Crippen molar-refractivity contribution in [2.75, 3.05) is 20.1 Å². The topological polar surface area (TPSA) is 3.24 Å². The van der Waals surface area contributed by atoms with E-state index in [-0.39, 0.29) is 0 Å². The molecule has 0 aromatic rings. The van der Waals surface area contributed by atoms with Gasteiger partial charge in [0, 0.05) is 13.1 Å². The molecule has 0 heterocycles. The second-order valence-corrected chi connectivity index (χ2v) is 4.11. The molecular weight excluding hydrogens is 122 g/mol. The molecule has 0 spiro atoms. The fourth-order valence-electron chi connectivity index (χ4n) is 1.56. The maximum absolute atomic E-state index is 2.52. The van der Waals surface area contributed by atoms with Crippen LogP contribution in [-0.2, 0) is 0 Å². The van der Waals surface area contributed by atoms with Crippen LogP contribution in [0.15, 0.2) is 0 Å². The molecule has 0 aromatic carbocycles. The zero-order valence-electron chi connectivity index (χ0n) is 6.84. The van der Waals surface area contributed by atoms with Crippen LogP contribution in [0.2, 0.25) is 0 Å². The second-order valence-electron chi connectivity index (χ2n) is 4.11. The van der Waals surface area contributed by atoms with Crippen LogP contribution in [0, 0.1) is 11.8 Å². The van der Waals surface area contributed by atoms with E-state index in [1.165, 1.54) is 38.8 Å². The van der Waals surface area contributed by atoms with Gasteiger partial charge in [0.2, 0.25) is 0 Å². The molecule has 0 radical (unpaired) electrons. The van der Waals surface area contributed by atoms with E-state index in [9.17, 15) is 0 Å². The Morgan fingerprint density at radius 3 is 1.70 bits per heavy atom. The van der Waals surface area contributed by atoms with Gasteiger partial charge in [0.1, 0.15) is 0 Å². The molecular formula is C9H17N. The van der Waals surface area contributed by atoms with Crippen molar-refractivity contribution in [1.82, 2.24) is 4.90 Å². The van der Waals surface area contributed by atoms with Crippen LogP contribution in [0.3, 0.4) is 0 Å². The fourth-order valence-corrected chi connectivity index (χ4v) is 1.56. The van der Waals surface area contributed by atoms with E-state index in [2.05, 4.69) is 11.9 Å². The molecule has 0 N–H and O–H groups in total. The highest BCUT2D eigenvalue weighted by Gasteiger charge is 2.27. The van der Waals surface area contributed by atoms with E-state index in [0.717, 1.165) is 11.8 Å². The summed E-state index contributed by atoms with van der Waals surface area (Å²) in [7, 11) is 2.27. The molecule has 0 unspecified atom stereocenters. The van der Waals surface area contributed by atoms with Crippen molar-refractivity contribution >= 4 is 0 Å². The van der Waals surface area contributed by atoms with Gasteiger partial charge in [-0.3, -0.25) is 0 Å². The summed E-state index contributed by atoms with van der Waals surface area (Å²) >= 11 is 0. The molecule has 2 aliphatic carbocycles. The predicted octanol–water partition coefficient (Wildman–Crippen LogP) is 1.74. The third-order valence-electron chi connectivity index (χ3n) is 2.53. The van der Waals surface area contributed by atoms with Gasteiger partial charge in [-0.1, -0.05) is 0 Å². The van der Waals surface area contributed by atoms with Crippen molar-refractivity contribution in [3.63, 3.8) is 0 Å². The lowest BCUT2D eigenvalue weighted by atomic mass is 10.3. The van der Waals surface area contributed by atoms with Crippen LogP contribution in [0.25, 0.3) is 0 Å². The Bertz CT molecular complexity index is 99.9. The summed E-state index contributed by atoms with van der Waals surface area (Å²) in [6, 6.07) is 0. The van der Waals surface area contributed by atoms with E-state index >= 15 is 0 Å². The van der Waals surface area contributed by atoms with Crippen molar-refractivity contribution in [3.8, 4) is 0 Å². The zero-order chi connectivity index (χ0) is 6.97. The average Bonchev–Trinajstić information content (AvgIpc) is 2.59. The Kier molecular flexibility index (Phi) is 1.69. The normalized spacial score (nSPS) is 25.8. The van der Waals surface area contributed by atoms with Crippen LogP contribution >= 0.6 is 0 Å². The SMILES string of the molecule is CN(CC1CC1)CC1CC1. The quantitative estimate of drug-likeness (QED) is 0.573. The minimum atomic E-state index is 1.07. The van der Waals surface area contributed by atoms with Crippen molar-refractivity contribution in [1.29, 1.82) is 0 Å². The molecule has 2 saturated carbocycles. The Morgan fingerprint density at radius 1 is 1.00 bits per heavy atom. The van der Waals surface area contributed by atoms with Gasteiger partial charge in [0.15, 0.2) is 0 Å². The van der Waals surface area contributed by atoms with Gasteiger partial charge in [0.25, 0.3) is 0 Å². The molecule has 1 heteroatoms. The first-order chi connectivity index (χ1) is 4.84. The summed E-state index contributed by atoms with van der Waals surface area (Å²) < 4.78 is 0. The first kappa shape index (κ1) is 6.66. The maximum atomic E-state index is 2.52. The number of hydrogen-bond donors (Lipinski definition) is 0. The van der Waals surface area contributed by atoms with E-state index in [4.69, 9.17) is 0 Å². The highest BCUT2D eigenvalue weighted by atomic mass is 15.1. The van der Waals surface area contributed by atoms with Crippen LogP contribution in [0.5, 0.6) is 0 Å². The fraction of sp³-hybridized carbons (Fsp3) is 1.00. The first-order valence-electron chi connectivity index (χ1n) is 4.53. The molecule has 0 aliphatic heterocycles. The standard InChI is InChI=1S/C9H17N/c1-10(6-8-2-3-8)7-9-4-5-9/h8-9H,2-7H2,1H3. The molecule has 0 bridgehead atoms. The maximum Gasteiger partial charge on any atom is 0.000673 e. The summed E-state index contributed by atoms with van der Waals surface area (Å²) in [5.41, 5.74) is 0. The van der Waals surface area contributed by atoms with E-state index in [1.54, 1.807) is 0 Å². The second kappa shape index (κ2) is 2.54. The molecule has 1 nitrogen and oxygen atoms in total. The van der Waals surface area contributed by atoms with Gasteiger partial charge in [0.05, 0.1) is 0 Å². The molecule has 2 rings (SSSR count). The van der Waals surface area contributed by atoms with Gasteiger partial charge < -0.3 is 4.90 Å². The van der Waals surface area contributed by atoms with Crippen molar-refractivity contribution in [3.05, 3.63) is 0 Å². The lowest BCUT2D eigenvalue weighted by Gasteiger charge is -2.14. The van der Waals surface area contributed by atoms with Crippen LogP contribution in [0.4, 0.5) is 0 Å². The average molecular weight is 139 g/mol. The summed E-state index contributed by atoms with van der Waals surface area (Å²) in [6.45, 7) is 2.74. The summed E-state index contributed by atoms with van der Waals surface area (Å²) in [5.74, 6) is 2.15. The minimum Gasteiger partial charge on any atom is -0.306 e. The summed E-state index contributed by atoms with van der Waals surface area (Å²) in [6.07, 6.45) is 5.98. The minimum absolute atomic E-state index is 1.07. The van der Waals surface area contributed by atoms with E-state index in [0.29, 0.717) is 0 Å². The van der Waals surface area contributed by atoms with E-state index < -0.39 is 0 Å². The van der Waals surface area contributed by atoms with Crippen LogP contribution in [0.1, 0.15) is 25.7 Å².